The second-order valence-electron chi connectivity index (χ2n) is 5.46. The van der Waals surface area contributed by atoms with E-state index in [-0.39, 0.29) is 6.04 Å². The van der Waals surface area contributed by atoms with Crippen LogP contribution in [0.15, 0.2) is 36.4 Å². The minimum absolute atomic E-state index is 0.175. The molecule has 0 bridgehead atoms. The Hall–Kier alpha value is -2.07. The summed E-state index contributed by atoms with van der Waals surface area (Å²) < 4.78 is 5.25. The normalized spacial score (nSPS) is 12.6. The lowest BCUT2D eigenvalue weighted by molar-refractivity contribution is 0.0699. The van der Waals surface area contributed by atoms with Gasteiger partial charge in [0.1, 0.15) is 0 Å². The molecule has 0 radical (unpaired) electrons. The van der Waals surface area contributed by atoms with Crippen LogP contribution < -0.4 is 5.32 Å². The molecule has 112 valence electrons. The zero-order valence-corrected chi connectivity index (χ0v) is 12.6. The van der Waals surface area contributed by atoms with E-state index in [0.29, 0.717) is 18.1 Å². The number of carboxylic acids is 1. The number of methoxy groups -OCH3 is 1. The van der Waals surface area contributed by atoms with Crippen LogP contribution in [-0.2, 0) is 4.74 Å². The van der Waals surface area contributed by atoms with Crippen molar-refractivity contribution in [3.05, 3.63) is 42.0 Å². The molecule has 0 aliphatic carbocycles. The van der Waals surface area contributed by atoms with Crippen LogP contribution in [0.4, 0.5) is 5.69 Å². The number of hydrogen-bond acceptors (Lipinski definition) is 3. The van der Waals surface area contributed by atoms with Crippen molar-refractivity contribution in [3.63, 3.8) is 0 Å². The smallest absolute Gasteiger partial charge is 0.336 e. The molecule has 1 atom stereocenters. The summed E-state index contributed by atoms with van der Waals surface area (Å²) in [4.78, 5) is 11.3. The van der Waals surface area contributed by atoms with Crippen LogP contribution >= 0.6 is 0 Å². The number of ether oxygens (including phenoxy) is 1. The quantitative estimate of drug-likeness (QED) is 0.852. The topological polar surface area (TPSA) is 58.6 Å². The Balaban J connectivity index is 2.46. The van der Waals surface area contributed by atoms with Gasteiger partial charge < -0.3 is 15.2 Å². The lowest BCUT2D eigenvalue weighted by atomic mass is 10.0. The highest BCUT2D eigenvalue weighted by Crippen LogP contribution is 2.28. The second kappa shape index (κ2) is 6.59. The molecule has 0 fully saturated rings. The van der Waals surface area contributed by atoms with Gasteiger partial charge in [0.25, 0.3) is 0 Å². The van der Waals surface area contributed by atoms with Crippen LogP contribution in [0.3, 0.4) is 0 Å². The summed E-state index contributed by atoms with van der Waals surface area (Å²) in [6.45, 7) is 4.86. The van der Waals surface area contributed by atoms with Crippen molar-refractivity contribution >= 4 is 22.4 Å². The van der Waals surface area contributed by atoms with E-state index in [2.05, 4.69) is 19.2 Å². The fraction of sp³-hybridized carbons (Fsp3) is 0.353. The fourth-order valence-corrected chi connectivity index (χ4v) is 2.39. The van der Waals surface area contributed by atoms with E-state index in [1.165, 1.54) is 0 Å². The molecular weight excluding hydrogens is 266 g/mol. The Morgan fingerprint density at radius 2 is 1.86 bits per heavy atom. The zero-order chi connectivity index (χ0) is 15.4. The summed E-state index contributed by atoms with van der Waals surface area (Å²) >= 11 is 0. The van der Waals surface area contributed by atoms with Crippen molar-refractivity contribution in [2.45, 2.75) is 19.9 Å². The van der Waals surface area contributed by atoms with Crippen LogP contribution in [0.5, 0.6) is 0 Å². The summed E-state index contributed by atoms with van der Waals surface area (Å²) in [7, 11) is 1.68. The molecule has 0 heterocycles. The molecular formula is C17H21NO3. The fourth-order valence-electron chi connectivity index (χ4n) is 2.39. The van der Waals surface area contributed by atoms with Crippen molar-refractivity contribution in [2.24, 2.45) is 5.92 Å². The highest BCUT2D eigenvalue weighted by Gasteiger charge is 2.16. The molecule has 0 aliphatic heterocycles. The summed E-state index contributed by atoms with van der Waals surface area (Å²) in [5.74, 6) is -0.502. The molecule has 0 saturated carbocycles. The van der Waals surface area contributed by atoms with Gasteiger partial charge in [0, 0.05) is 18.2 Å². The minimum atomic E-state index is -0.907. The van der Waals surface area contributed by atoms with Crippen LogP contribution in [0.2, 0.25) is 0 Å². The first-order valence-electron chi connectivity index (χ1n) is 7.05. The monoisotopic (exact) mass is 287 g/mol. The van der Waals surface area contributed by atoms with Crippen molar-refractivity contribution in [1.82, 2.24) is 0 Å². The number of hydrogen-bond donors (Lipinski definition) is 2. The lowest BCUT2D eigenvalue weighted by Gasteiger charge is -2.24. The van der Waals surface area contributed by atoms with Gasteiger partial charge in [-0.25, -0.2) is 4.79 Å². The SMILES string of the molecule is COCC(Nc1ccc(C(=O)O)c2ccccc12)C(C)C. The first kappa shape index (κ1) is 15.3. The predicted molar refractivity (Wildman–Crippen MR) is 85.0 cm³/mol. The highest BCUT2D eigenvalue weighted by atomic mass is 16.5. The standard InChI is InChI=1S/C17H21NO3/c1-11(2)16(10-21-3)18-15-9-8-14(17(19)20)12-6-4-5-7-13(12)15/h4-9,11,16,18H,10H2,1-3H3,(H,19,20). The van der Waals surface area contributed by atoms with Gasteiger partial charge in [-0.1, -0.05) is 38.1 Å². The Morgan fingerprint density at radius 3 is 2.43 bits per heavy atom. The molecule has 4 heteroatoms. The third-order valence-electron chi connectivity index (χ3n) is 3.65. The third kappa shape index (κ3) is 3.34. The van der Waals surface area contributed by atoms with Gasteiger partial charge in [0.05, 0.1) is 18.2 Å². The van der Waals surface area contributed by atoms with Crippen molar-refractivity contribution in [2.75, 3.05) is 19.0 Å². The highest BCUT2D eigenvalue weighted by molar-refractivity contribution is 6.07. The van der Waals surface area contributed by atoms with Crippen molar-refractivity contribution in [3.8, 4) is 0 Å². The summed E-state index contributed by atoms with van der Waals surface area (Å²) in [6.07, 6.45) is 0. The van der Waals surface area contributed by atoms with Gasteiger partial charge in [-0.05, 0) is 23.4 Å². The maximum absolute atomic E-state index is 11.3. The van der Waals surface area contributed by atoms with E-state index in [1.54, 1.807) is 13.2 Å². The summed E-state index contributed by atoms with van der Waals surface area (Å²) in [5.41, 5.74) is 1.26. The molecule has 0 amide bonds. The number of anilines is 1. The minimum Gasteiger partial charge on any atom is -0.478 e. The van der Waals surface area contributed by atoms with Gasteiger partial charge in [0.2, 0.25) is 0 Å². The van der Waals surface area contributed by atoms with Gasteiger partial charge in [0.15, 0.2) is 0 Å². The first-order chi connectivity index (χ1) is 10.0. The van der Waals surface area contributed by atoms with Gasteiger partial charge in [-0.3, -0.25) is 0 Å². The summed E-state index contributed by atoms with van der Waals surface area (Å²) in [6, 6.07) is 11.2. The lowest BCUT2D eigenvalue weighted by Crippen LogP contribution is -2.30. The molecule has 0 aromatic heterocycles. The van der Waals surface area contributed by atoms with Crippen LogP contribution in [0.1, 0.15) is 24.2 Å². The molecule has 2 aromatic rings. The van der Waals surface area contributed by atoms with Crippen molar-refractivity contribution in [1.29, 1.82) is 0 Å². The number of rotatable bonds is 6. The molecule has 0 aliphatic rings. The largest absolute Gasteiger partial charge is 0.478 e. The number of carboxylic acid groups (broad SMARTS) is 1. The number of aromatic carboxylic acids is 1. The average Bonchev–Trinajstić information content (AvgIpc) is 2.46. The maximum atomic E-state index is 11.3. The van der Waals surface area contributed by atoms with E-state index < -0.39 is 5.97 Å². The van der Waals surface area contributed by atoms with Crippen LogP contribution in [0, 0.1) is 5.92 Å². The first-order valence-corrected chi connectivity index (χ1v) is 7.05. The number of nitrogens with one attached hydrogen (secondary N) is 1. The molecule has 2 aromatic carbocycles. The zero-order valence-electron chi connectivity index (χ0n) is 12.6. The van der Waals surface area contributed by atoms with Gasteiger partial charge in [-0.15, -0.1) is 0 Å². The van der Waals surface area contributed by atoms with E-state index in [0.717, 1.165) is 16.5 Å². The Kier molecular flexibility index (Phi) is 4.81. The van der Waals surface area contributed by atoms with Crippen LogP contribution in [0.25, 0.3) is 10.8 Å². The molecule has 2 rings (SSSR count). The molecule has 0 saturated heterocycles. The average molecular weight is 287 g/mol. The number of carbonyl (C=O) groups is 1. The molecule has 4 nitrogen and oxygen atoms in total. The number of benzene rings is 2. The maximum Gasteiger partial charge on any atom is 0.336 e. The Bertz CT molecular complexity index is 637. The van der Waals surface area contributed by atoms with E-state index in [1.807, 2.05) is 30.3 Å². The van der Waals surface area contributed by atoms with E-state index in [4.69, 9.17) is 4.74 Å². The predicted octanol–water partition coefficient (Wildman–Crippen LogP) is 3.62. The van der Waals surface area contributed by atoms with Gasteiger partial charge >= 0.3 is 5.97 Å². The van der Waals surface area contributed by atoms with Crippen molar-refractivity contribution < 1.29 is 14.6 Å². The van der Waals surface area contributed by atoms with E-state index >= 15 is 0 Å². The Morgan fingerprint density at radius 1 is 1.19 bits per heavy atom. The molecule has 2 N–H and O–H groups in total. The summed E-state index contributed by atoms with van der Waals surface area (Å²) in [5, 5.41) is 14.4. The Labute approximate surface area is 124 Å². The van der Waals surface area contributed by atoms with Gasteiger partial charge in [-0.2, -0.15) is 0 Å². The third-order valence-corrected chi connectivity index (χ3v) is 3.65. The molecule has 0 spiro atoms. The molecule has 1 unspecified atom stereocenters. The second-order valence-corrected chi connectivity index (χ2v) is 5.46. The van der Waals surface area contributed by atoms with Crippen LogP contribution in [-0.4, -0.2) is 30.8 Å². The van der Waals surface area contributed by atoms with E-state index in [9.17, 15) is 9.90 Å². The number of fused-ring (bicyclic) bond motifs is 1. The molecule has 21 heavy (non-hydrogen) atoms.